The summed E-state index contributed by atoms with van der Waals surface area (Å²) in [6.45, 7) is 1.45. The topological polar surface area (TPSA) is 71.0 Å². The van der Waals surface area contributed by atoms with E-state index < -0.39 is 0 Å². The van der Waals surface area contributed by atoms with Crippen LogP contribution >= 0.6 is 0 Å². The highest BCUT2D eigenvalue weighted by molar-refractivity contribution is 5.52. The van der Waals surface area contributed by atoms with Gasteiger partial charge in [-0.1, -0.05) is 12.1 Å². The van der Waals surface area contributed by atoms with Crippen LogP contribution in [0, 0.1) is 0 Å². The van der Waals surface area contributed by atoms with Gasteiger partial charge in [-0.25, -0.2) is 0 Å². The molecule has 1 aliphatic heterocycles. The number of hydrogen-bond donors (Lipinski definition) is 3. The molecule has 0 fully saturated rings. The molecule has 1 atom stereocenters. The van der Waals surface area contributed by atoms with Gasteiger partial charge in [-0.15, -0.1) is 0 Å². The van der Waals surface area contributed by atoms with Crippen LogP contribution in [0.3, 0.4) is 0 Å². The highest BCUT2D eigenvalue weighted by Gasteiger charge is 2.24. The van der Waals surface area contributed by atoms with Crippen LogP contribution in [0.1, 0.15) is 22.6 Å². The third kappa shape index (κ3) is 2.92. The van der Waals surface area contributed by atoms with Gasteiger partial charge >= 0.3 is 0 Å². The van der Waals surface area contributed by atoms with Crippen molar-refractivity contribution in [1.82, 2.24) is 5.32 Å². The van der Waals surface area contributed by atoms with Gasteiger partial charge in [0.1, 0.15) is 0 Å². The molecule has 0 saturated carbocycles. The largest absolute Gasteiger partial charge is 0.504 e. The van der Waals surface area contributed by atoms with E-state index in [4.69, 9.17) is 9.47 Å². The molecule has 0 unspecified atom stereocenters. The van der Waals surface area contributed by atoms with Crippen molar-refractivity contribution in [3.8, 4) is 23.0 Å². The second kappa shape index (κ2) is 6.38. The molecule has 0 aromatic heterocycles. The van der Waals surface area contributed by atoms with Crippen molar-refractivity contribution in [3.63, 3.8) is 0 Å². The van der Waals surface area contributed by atoms with Crippen molar-refractivity contribution < 1.29 is 19.7 Å². The minimum Gasteiger partial charge on any atom is -0.504 e. The van der Waals surface area contributed by atoms with Crippen molar-refractivity contribution in [2.75, 3.05) is 20.8 Å². The number of fused-ring (bicyclic) bond motifs is 1. The van der Waals surface area contributed by atoms with E-state index in [0.717, 1.165) is 29.7 Å². The van der Waals surface area contributed by atoms with Gasteiger partial charge in [0.2, 0.25) is 0 Å². The molecule has 0 radical (unpaired) electrons. The van der Waals surface area contributed by atoms with E-state index in [0.29, 0.717) is 18.0 Å². The molecule has 0 bridgehead atoms. The molecular formula is C18H21NO4. The monoisotopic (exact) mass is 315 g/mol. The quantitative estimate of drug-likeness (QED) is 0.809. The van der Waals surface area contributed by atoms with Gasteiger partial charge in [0.25, 0.3) is 0 Å². The minimum atomic E-state index is 0.145. The Balaban J connectivity index is 1.89. The van der Waals surface area contributed by atoms with E-state index in [-0.39, 0.29) is 17.4 Å². The predicted molar refractivity (Wildman–Crippen MR) is 87.5 cm³/mol. The molecule has 2 aromatic rings. The lowest BCUT2D eigenvalue weighted by Crippen LogP contribution is -2.29. The lowest BCUT2D eigenvalue weighted by molar-refractivity contribution is 0.365. The third-order valence-electron chi connectivity index (χ3n) is 4.36. The molecule has 3 rings (SSSR count). The number of methoxy groups -OCH3 is 2. The lowest BCUT2D eigenvalue weighted by atomic mass is 9.85. The van der Waals surface area contributed by atoms with Gasteiger partial charge in [-0.3, -0.25) is 0 Å². The van der Waals surface area contributed by atoms with Crippen molar-refractivity contribution in [1.29, 1.82) is 0 Å². The number of nitrogens with one attached hydrogen (secondary N) is 1. The molecule has 0 aliphatic carbocycles. The van der Waals surface area contributed by atoms with Crippen molar-refractivity contribution in [2.45, 2.75) is 18.9 Å². The van der Waals surface area contributed by atoms with Crippen molar-refractivity contribution in [3.05, 3.63) is 47.0 Å². The number of aromatic hydroxyl groups is 2. The van der Waals surface area contributed by atoms with Gasteiger partial charge in [0.05, 0.1) is 14.2 Å². The first-order valence-corrected chi connectivity index (χ1v) is 7.59. The summed E-state index contributed by atoms with van der Waals surface area (Å²) >= 11 is 0. The van der Waals surface area contributed by atoms with Gasteiger partial charge in [0.15, 0.2) is 23.0 Å². The number of phenols is 2. The van der Waals surface area contributed by atoms with Gasteiger partial charge in [-0.05, 0) is 35.7 Å². The van der Waals surface area contributed by atoms with E-state index in [1.807, 2.05) is 12.1 Å². The van der Waals surface area contributed by atoms with Gasteiger partial charge < -0.3 is 25.0 Å². The molecule has 0 amide bonds. The number of ether oxygens (including phenoxy) is 2. The Morgan fingerprint density at radius 3 is 2.52 bits per heavy atom. The van der Waals surface area contributed by atoms with Gasteiger partial charge in [-0.2, -0.15) is 0 Å². The average molecular weight is 315 g/mol. The molecule has 122 valence electrons. The second-order valence-corrected chi connectivity index (χ2v) is 5.72. The zero-order valence-electron chi connectivity index (χ0n) is 13.3. The highest BCUT2D eigenvalue weighted by atomic mass is 16.5. The van der Waals surface area contributed by atoms with E-state index in [1.165, 1.54) is 7.11 Å². The summed E-state index contributed by atoms with van der Waals surface area (Å²) in [7, 11) is 3.08. The first-order chi connectivity index (χ1) is 11.1. The normalized spacial score (nSPS) is 16.7. The first kappa shape index (κ1) is 15.5. The zero-order chi connectivity index (χ0) is 16.4. The number of hydrogen-bond acceptors (Lipinski definition) is 5. The van der Waals surface area contributed by atoms with Crippen LogP contribution in [-0.2, 0) is 13.0 Å². The van der Waals surface area contributed by atoms with E-state index in [1.54, 1.807) is 25.3 Å². The molecule has 0 spiro atoms. The highest BCUT2D eigenvalue weighted by Crippen LogP contribution is 2.38. The smallest absolute Gasteiger partial charge is 0.162 e. The second-order valence-electron chi connectivity index (χ2n) is 5.72. The lowest BCUT2D eigenvalue weighted by Gasteiger charge is -2.28. The first-order valence-electron chi connectivity index (χ1n) is 7.59. The fourth-order valence-corrected chi connectivity index (χ4v) is 3.17. The summed E-state index contributed by atoms with van der Waals surface area (Å²) in [5.41, 5.74) is 3.04. The fraction of sp³-hybridized carbons (Fsp3) is 0.333. The van der Waals surface area contributed by atoms with Crippen LogP contribution in [0.5, 0.6) is 23.0 Å². The molecule has 3 N–H and O–H groups in total. The Bertz CT molecular complexity index is 714. The Hall–Kier alpha value is -2.40. The Morgan fingerprint density at radius 1 is 1.09 bits per heavy atom. The average Bonchev–Trinajstić information content (AvgIpc) is 2.56. The molecule has 5 nitrogen and oxygen atoms in total. The standard InChI is InChI=1S/C18H21NO4/c1-22-16-5-3-11(8-15(16)20)7-12-9-19-10-14-13(12)4-6-17(23-2)18(14)21/h3-6,8,12,19-21H,7,9-10H2,1-2H3/t12-/m1/s1. The molecule has 1 aliphatic rings. The molecular weight excluding hydrogens is 294 g/mol. The number of rotatable bonds is 4. The Labute approximate surface area is 135 Å². The molecule has 2 aromatic carbocycles. The zero-order valence-corrected chi connectivity index (χ0v) is 13.3. The van der Waals surface area contributed by atoms with Crippen LogP contribution in [0.2, 0.25) is 0 Å². The summed E-state index contributed by atoms with van der Waals surface area (Å²) in [4.78, 5) is 0. The van der Waals surface area contributed by atoms with Crippen LogP contribution in [0.25, 0.3) is 0 Å². The minimum absolute atomic E-state index is 0.145. The molecule has 0 saturated heterocycles. The predicted octanol–water partition coefficient (Wildman–Crippen LogP) is 2.54. The van der Waals surface area contributed by atoms with E-state index in [9.17, 15) is 10.2 Å². The fourth-order valence-electron chi connectivity index (χ4n) is 3.17. The molecule has 1 heterocycles. The maximum atomic E-state index is 10.3. The number of phenolic OH excluding ortho intramolecular Hbond substituents is 2. The summed E-state index contributed by atoms with van der Waals surface area (Å²) in [6.07, 6.45) is 0.767. The van der Waals surface area contributed by atoms with E-state index >= 15 is 0 Å². The summed E-state index contributed by atoms with van der Waals surface area (Å²) < 4.78 is 10.3. The van der Waals surface area contributed by atoms with Crippen LogP contribution < -0.4 is 14.8 Å². The molecule has 23 heavy (non-hydrogen) atoms. The molecule has 5 heteroatoms. The Kier molecular flexibility index (Phi) is 4.30. The summed E-state index contributed by atoms with van der Waals surface area (Å²) in [5.74, 6) is 1.54. The SMILES string of the molecule is COc1ccc(C[C@@H]2CNCc3c2ccc(OC)c3O)cc1O. The Morgan fingerprint density at radius 2 is 1.83 bits per heavy atom. The maximum Gasteiger partial charge on any atom is 0.162 e. The van der Waals surface area contributed by atoms with Crippen LogP contribution in [-0.4, -0.2) is 31.0 Å². The summed E-state index contributed by atoms with van der Waals surface area (Å²) in [5, 5.41) is 23.6. The van der Waals surface area contributed by atoms with Gasteiger partial charge in [0, 0.05) is 24.6 Å². The van der Waals surface area contributed by atoms with Crippen LogP contribution in [0.15, 0.2) is 30.3 Å². The van der Waals surface area contributed by atoms with E-state index in [2.05, 4.69) is 5.32 Å². The van der Waals surface area contributed by atoms with Crippen LogP contribution in [0.4, 0.5) is 0 Å². The van der Waals surface area contributed by atoms with Crippen molar-refractivity contribution in [2.24, 2.45) is 0 Å². The number of benzene rings is 2. The van der Waals surface area contributed by atoms with Crippen molar-refractivity contribution >= 4 is 0 Å². The maximum absolute atomic E-state index is 10.3. The summed E-state index contributed by atoms with van der Waals surface area (Å²) in [6, 6.07) is 9.28. The third-order valence-corrected chi connectivity index (χ3v) is 4.36.